The van der Waals surface area contributed by atoms with Gasteiger partial charge in [-0.1, -0.05) is 6.07 Å². The van der Waals surface area contributed by atoms with E-state index >= 15 is 0 Å². The zero-order chi connectivity index (χ0) is 14.7. The number of carbonyl (C=O) groups excluding carboxylic acids is 2. The van der Waals surface area contributed by atoms with Crippen molar-refractivity contribution in [2.24, 2.45) is 5.92 Å². The number of amides is 2. The summed E-state index contributed by atoms with van der Waals surface area (Å²) in [6.45, 7) is 1.89. The van der Waals surface area contributed by atoms with Crippen molar-refractivity contribution in [3.63, 3.8) is 0 Å². The summed E-state index contributed by atoms with van der Waals surface area (Å²) < 4.78 is 0. The van der Waals surface area contributed by atoms with Crippen molar-refractivity contribution in [2.75, 3.05) is 18.4 Å². The lowest BCUT2D eigenvalue weighted by Crippen LogP contribution is -2.42. The molecule has 2 fully saturated rings. The minimum atomic E-state index is -0.0654. The van der Waals surface area contributed by atoms with Gasteiger partial charge in [0.05, 0.1) is 0 Å². The second-order valence-corrected chi connectivity index (χ2v) is 5.84. The predicted molar refractivity (Wildman–Crippen MR) is 88.4 cm³/mol. The van der Waals surface area contributed by atoms with Crippen LogP contribution < -0.4 is 16.0 Å². The molecule has 3 rings (SSSR count). The Bertz CT molecular complexity index is 540. The molecule has 22 heavy (non-hydrogen) atoms. The molecule has 1 aliphatic carbocycles. The third kappa shape index (κ3) is 4.45. The van der Waals surface area contributed by atoms with E-state index in [1.165, 1.54) is 0 Å². The van der Waals surface area contributed by atoms with E-state index in [-0.39, 0.29) is 36.2 Å². The molecule has 1 aromatic rings. The van der Waals surface area contributed by atoms with Crippen LogP contribution in [0.5, 0.6) is 0 Å². The average Bonchev–Trinajstić information content (AvgIpc) is 3.33. The minimum absolute atomic E-state index is 0. The van der Waals surface area contributed by atoms with Crippen LogP contribution in [0.2, 0.25) is 0 Å². The Morgan fingerprint density at radius 2 is 1.82 bits per heavy atom. The summed E-state index contributed by atoms with van der Waals surface area (Å²) in [4.78, 5) is 24.0. The van der Waals surface area contributed by atoms with Crippen molar-refractivity contribution in [1.82, 2.24) is 10.6 Å². The van der Waals surface area contributed by atoms with Crippen LogP contribution in [-0.2, 0) is 4.79 Å². The minimum Gasteiger partial charge on any atom is -0.349 e. The van der Waals surface area contributed by atoms with Crippen LogP contribution in [0.3, 0.4) is 0 Å². The van der Waals surface area contributed by atoms with E-state index in [2.05, 4.69) is 16.0 Å². The molecule has 0 radical (unpaired) electrons. The van der Waals surface area contributed by atoms with Crippen molar-refractivity contribution in [3.05, 3.63) is 29.8 Å². The van der Waals surface area contributed by atoms with Gasteiger partial charge in [-0.2, -0.15) is 0 Å². The molecular formula is C16H22ClN3O2. The third-order valence-corrected chi connectivity index (χ3v) is 4.01. The molecule has 0 unspecified atom stereocenters. The molecule has 6 heteroatoms. The Hall–Kier alpha value is -1.59. The van der Waals surface area contributed by atoms with Crippen LogP contribution >= 0.6 is 12.4 Å². The first-order valence-electron chi connectivity index (χ1n) is 7.65. The van der Waals surface area contributed by atoms with Crippen LogP contribution in [0, 0.1) is 5.92 Å². The Kier molecular flexibility index (Phi) is 5.80. The molecular weight excluding hydrogens is 302 g/mol. The fourth-order valence-electron chi connectivity index (χ4n) is 2.56. The standard InChI is InChI=1S/C16H21N3O2.ClH/c20-15(11-4-5-11)19-14-3-1-2-12(10-14)16(21)18-13-6-8-17-9-7-13;/h1-3,10-11,13,17H,4-9H2,(H,18,21)(H,19,20);1H. The van der Waals surface area contributed by atoms with E-state index in [0.29, 0.717) is 11.3 Å². The molecule has 1 aliphatic heterocycles. The summed E-state index contributed by atoms with van der Waals surface area (Å²) in [6.07, 6.45) is 3.87. The normalized spacial score (nSPS) is 18.2. The van der Waals surface area contributed by atoms with E-state index in [0.717, 1.165) is 38.8 Å². The third-order valence-electron chi connectivity index (χ3n) is 4.01. The molecule has 1 aromatic carbocycles. The number of rotatable bonds is 4. The molecule has 120 valence electrons. The number of halogens is 1. The molecule has 2 aliphatic rings. The second kappa shape index (κ2) is 7.61. The predicted octanol–water partition coefficient (Wildman–Crippen LogP) is 1.94. The molecule has 0 atom stereocenters. The zero-order valence-electron chi connectivity index (χ0n) is 12.4. The molecule has 5 nitrogen and oxygen atoms in total. The maximum Gasteiger partial charge on any atom is 0.251 e. The zero-order valence-corrected chi connectivity index (χ0v) is 13.2. The van der Waals surface area contributed by atoms with Crippen molar-refractivity contribution in [2.45, 2.75) is 31.7 Å². The van der Waals surface area contributed by atoms with Gasteiger partial charge in [-0.05, 0) is 57.0 Å². The van der Waals surface area contributed by atoms with Gasteiger partial charge in [0, 0.05) is 23.2 Å². The van der Waals surface area contributed by atoms with Gasteiger partial charge in [-0.3, -0.25) is 9.59 Å². The first kappa shape index (κ1) is 16.8. The van der Waals surface area contributed by atoms with E-state index in [1.54, 1.807) is 18.2 Å². The Labute approximate surface area is 136 Å². The van der Waals surface area contributed by atoms with Gasteiger partial charge in [0.1, 0.15) is 0 Å². The number of hydrogen-bond donors (Lipinski definition) is 3. The average molecular weight is 324 g/mol. The molecule has 0 bridgehead atoms. The van der Waals surface area contributed by atoms with E-state index in [9.17, 15) is 9.59 Å². The van der Waals surface area contributed by atoms with Crippen molar-refractivity contribution < 1.29 is 9.59 Å². The molecule has 1 heterocycles. The number of benzene rings is 1. The summed E-state index contributed by atoms with van der Waals surface area (Å²) in [5.41, 5.74) is 1.30. The largest absolute Gasteiger partial charge is 0.349 e. The van der Waals surface area contributed by atoms with Gasteiger partial charge >= 0.3 is 0 Å². The summed E-state index contributed by atoms with van der Waals surface area (Å²) in [5.74, 6) is 0.160. The Morgan fingerprint density at radius 1 is 1.09 bits per heavy atom. The Morgan fingerprint density at radius 3 is 2.50 bits per heavy atom. The van der Waals surface area contributed by atoms with Crippen LogP contribution in [0.25, 0.3) is 0 Å². The van der Waals surface area contributed by atoms with Gasteiger partial charge in [-0.15, -0.1) is 12.4 Å². The van der Waals surface area contributed by atoms with Gasteiger partial charge in [0.25, 0.3) is 5.91 Å². The summed E-state index contributed by atoms with van der Waals surface area (Å²) in [5, 5.41) is 9.21. The maximum atomic E-state index is 12.3. The molecule has 1 saturated carbocycles. The SMILES string of the molecule is Cl.O=C(NC1CCNCC1)c1cccc(NC(=O)C2CC2)c1. The van der Waals surface area contributed by atoms with Crippen LogP contribution in [-0.4, -0.2) is 30.9 Å². The van der Waals surface area contributed by atoms with E-state index in [4.69, 9.17) is 0 Å². The monoisotopic (exact) mass is 323 g/mol. The van der Waals surface area contributed by atoms with Crippen LogP contribution in [0.4, 0.5) is 5.69 Å². The van der Waals surface area contributed by atoms with Gasteiger partial charge < -0.3 is 16.0 Å². The first-order chi connectivity index (χ1) is 10.2. The quantitative estimate of drug-likeness (QED) is 0.793. The highest BCUT2D eigenvalue weighted by Crippen LogP contribution is 2.30. The fourth-order valence-corrected chi connectivity index (χ4v) is 2.56. The highest BCUT2D eigenvalue weighted by atomic mass is 35.5. The first-order valence-corrected chi connectivity index (χ1v) is 7.65. The number of piperidine rings is 1. The molecule has 0 aromatic heterocycles. The van der Waals surface area contributed by atoms with Crippen molar-refractivity contribution in [3.8, 4) is 0 Å². The molecule has 3 N–H and O–H groups in total. The summed E-state index contributed by atoms with van der Waals surface area (Å²) in [6, 6.07) is 7.39. The molecule has 2 amide bonds. The van der Waals surface area contributed by atoms with Gasteiger partial charge in [0.2, 0.25) is 5.91 Å². The Balaban J connectivity index is 0.00000176. The van der Waals surface area contributed by atoms with Gasteiger partial charge in [-0.25, -0.2) is 0 Å². The van der Waals surface area contributed by atoms with Gasteiger partial charge in [0.15, 0.2) is 0 Å². The number of carbonyl (C=O) groups is 2. The van der Waals surface area contributed by atoms with Crippen LogP contribution in [0.15, 0.2) is 24.3 Å². The number of hydrogen-bond acceptors (Lipinski definition) is 3. The number of anilines is 1. The highest BCUT2D eigenvalue weighted by Gasteiger charge is 2.29. The summed E-state index contributed by atoms with van der Waals surface area (Å²) >= 11 is 0. The lowest BCUT2D eigenvalue weighted by molar-refractivity contribution is -0.117. The van der Waals surface area contributed by atoms with Crippen LogP contribution in [0.1, 0.15) is 36.0 Å². The number of nitrogens with one attached hydrogen (secondary N) is 3. The van der Waals surface area contributed by atoms with Crippen molar-refractivity contribution in [1.29, 1.82) is 0 Å². The lowest BCUT2D eigenvalue weighted by Gasteiger charge is -2.23. The highest BCUT2D eigenvalue weighted by molar-refractivity contribution is 5.98. The lowest BCUT2D eigenvalue weighted by atomic mass is 10.1. The van der Waals surface area contributed by atoms with E-state index in [1.807, 2.05) is 6.07 Å². The smallest absolute Gasteiger partial charge is 0.251 e. The fraction of sp³-hybridized carbons (Fsp3) is 0.500. The molecule has 0 spiro atoms. The summed E-state index contributed by atoms with van der Waals surface area (Å²) in [7, 11) is 0. The topological polar surface area (TPSA) is 70.2 Å². The van der Waals surface area contributed by atoms with Crippen molar-refractivity contribution >= 4 is 29.9 Å². The van der Waals surface area contributed by atoms with E-state index < -0.39 is 0 Å². The second-order valence-electron chi connectivity index (χ2n) is 5.84. The molecule has 1 saturated heterocycles. The maximum absolute atomic E-state index is 12.3.